The number of hydrogen-bond acceptors (Lipinski definition) is 6. The van der Waals surface area contributed by atoms with Crippen molar-refractivity contribution in [2.24, 2.45) is 5.14 Å². The molecule has 0 amide bonds. The molecule has 0 spiro atoms. The fourth-order valence-electron chi connectivity index (χ4n) is 2.06. The minimum Gasteiger partial charge on any atom is -0.294 e. The normalized spacial score (nSPS) is 15.1. The van der Waals surface area contributed by atoms with E-state index in [0.29, 0.717) is 11.4 Å². The first-order chi connectivity index (χ1) is 9.88. The number of primary sulfonamides is 1. The lowest BCUT2D eigenvalue weighted by Gasteiger charge is -2.07. The van der Waals surface area contributed by atoms with Crippen LogP contribution in [0.25, 0.3) is 11.4 Å². The number of nitrogens with zero attached hydrogens (tertiary/aromatic N) is 4. The number of rotatable bonds is 4. The van der Waals surface area contributed by atoms with Crippen molar-refractivity contribution in [3.63, 3.8) is 0 Å². The number of sulfonamides is 1. The third kappa shape index (κ3) is 2.50. The van der Waals surface area contributed by atoms with Gasteiger partial charge in [0.05, 0.1) is 4.92 Å². The van der Waals surface area contributed by atoms with Crippen LogP contribution >= 0.6 is 0 Å². The van der Waals surface area contributed by atoms with E-state index in [1.807, 2.05) is 0 Å². The van der Waals surface area contributed by atoms with Crippen LogP contribution < -0.4 is 5.14 Å². The topological polar surface area (TPSA) is 134 Å². The van der Waals surface area contributed by atoms with Gasteiger partial charge in [0.15, 0.2) is 5.82 Å². The molecule has 2 N–H and O–H groups in total. The molecule has 1 aliphatic rings. The van der Waals surface area contributed by atoms with Crippen LogP contribution in [0.1, 0.15) is 18.9 Å². The first kappa shape index (κ1) is 13.6. The Morgan fingerprint density at radius 1 is 1.24 bits per heavy atom. The SMILES string of the molecule is NS(=O)(=O)c1nnc(-c2ccc([N+](=O)[O-])cc2)n1C1CC1. The number of nitrogens with two attached hydrogens (primary N) is 1. The summed E-state index contributed by atoms with van der Waals surface area (Å²) in [5, 5.41) is 23.0. The zero-order chi connectivity index (χ0) is 15.2. The van der Waals surface area contributed by atoms with Crippen molar-refractivity contribution < 1.29 is 13.3 Å². The van der Waals surface area contributed by atoms with E-state index in [1.54, 1.807) is 0 Å². The zero-order valence-electron chi connectivity index (χ0n) is 10.7. The molecule has 1 heterocycles. The summed E-state index contributed by atoms with van der Waals surface area (Å²) in [5.74, 6) is 0.344. The Morgan fingerprint density at radius 2 is 1.86 bits per heavy atom. The van der Waals surface area contributed by atoms with Gasteiger partial charge in [-0.3, -0.25) is 14.7 Å². The van der Waals surface area contributed by atoms with E-state index in [0.717, 1.165) is 12.8 Å². The Labute approximate surface area is 119 Å². The Hall–Kier alpha value is -2.33. The van der Waals surface area contributed by atoms with Crippen molar-refractivity contribution in [1.82, 2.24) is 14.8 Å². The molecule has 1 saturated carbocycles. The minimum atomic E-state index is -3.97. The summed E-state index contributed by atoms with van der Waals surface area (Å²) < 4.78 is 24.6. The van der Waals surface area contributed by atoms with Gasteiger partial charge >= 0.3 is 0 Å². The fourth-order valence-corrected chi connectivity index (χ4v) is 2.73. The highest BCUT2D eigenvalue weighted by molar-refractivity contribution is 7.89. The van der Waals surface area contributed by atoms with Crippen molar-refractivity contribution in [2.75, 3.05) is 0 Å². The second-order valence-corrected chi connectivity index (χ2v) is 6.21. The van der Waals surface area contributed by atoms with Crippen LogP contribution in [0.5, 0.6) is 0 Å². The monoisotopic (exact) mass is 309 g/mol. The molecule has 1 fully saturated rings. The standard InChI is InChI=1S/C11H11N5O4S/c12-21(19,20)11-14-13-10(15(11)8-5-6-8)7-1-3-9(4-2-7)16(17)18/h1-4,8H,5-6H2,(H2,12,19,20). The summed E-state index contributed by atoms with van der Waals surface area (Å²) in [6, 6.07) is 5.68. The molecule has 1 aliphatic carbocycles. The van der Waals surface area contributed by atoms with Gasteiger partial charge in [0.25, 0.3) is 20.9 Å². The number of aromatic nitrogens is 3. The minimum absolute atomic E-state index is 0.00137. The van der Waals surface area contributed by atoms with Crippen molar-refractivity contribution in [3.8, 4) is 11.4 Å². The molecule has 9 nitrogen and oxygen atoms in total. The Bertz CT molecular complexity index is 808. The molecular formula is C11H11N5O4S. The number of hydrogen-bond donors (Lipinski definition) is 1. The molecule has 2 aromatic rings. The molecule has 0 radical (unpaired) electrons. The van der Waals surface area contributed by atoms with Gasteiger partial charge in [-0.15, -0.1) is 10.2 Å². The average Bonchev–Trinajstić information content (AvgIpc) is 3.15. The highest BCUT2D eigenvalue weighted by Crippen LogP contribution is 2.39. The summed E-state index contributed by atoms with van der Waals surface area (Å²) in [4.78, 5) is 10.1. The molecule has 0 aliphatic heterocycles. The quantitative estimate of drug-likeness (QED) is 0.656. The second kappa shape index (κ2) is 4.60. The third-order valence-electron chi connectivity index (χ3n) is 3.17. The summed E-state index contributed by atoms with van der Waals surface area (Å²) >= 11 is 0. The highest BCUT2D eigenvalue weighted by Gasteiger charge is 2.33. The molecule has 21 heavy (non-hydrogen) atoms. The van der Waals surface area contributed by atoms with Gasteiger partial charge in [0.1, 0.15) is 0 Å². The molecule has 3 rings (SSSR count). The lowest BCUT2D eigenvalue weighted by Crippen LogP contribution is -2.18. The van der Waals surface area contributed by atoms with Crippen LogP contribution in [-0.2, 0) is 10.0 Å². The van der Waals surface area contributed by atoms with Crippen LogP contribution in [0.3, 0.4) is 0 Å². The van der Waals surface area contributed by atoms with Crippen LogP contribution in [0, 0.1) is 10.1 Å². The molecule has 0 bridgehead atoms. The summed E-state index contributed by atoms with van der Waals surface area (Å²) in [7, 11) is -3.97. The van der Waals surface area contributed by atoms with E-state index < -0.39 is 14.9 Å². The summed E-state index contributed by atoms with van der Waals surface area (Å²) in [6.45, 7) is 0. The van der Waals surface area contributed by atoms with E-state index in [9.17, 15) is 18.5 Å². The molecule has 110 valence electrons. The molecule has 1 aromatic carbocycles. The Kier molecular flexibility index (Phi) is 2.99. The van der Waals surface area contributed by atoms with Crippen molar-refractivity contribution >= 4 is 15.7 Å². The second-order valence-electron chi connectivity index (χ2n) is 4.76. The predicted molar refractivity (Wildman–Crippen MR) is 71.8 cm³/mol. The lowest BCUT2D eigenvalue weighted by molar-refractivity contribution is -0.384. The molecule has 0 saturated heterocycles. The number of non-ortho nitro benzene ring substituents is 1. The van der Waals surface area contributed by atoms with E-state index in [-0.39, 0.29) is 16.9 Å². The van der Waals surface area contributed by atoms with Crippen LogP contribution in [0.2, 0.25) is 0 Å². The molecular weight excluding hydrogens is 298 g/mol. The van der Waals surface area contributed by atoms with Gasteiger partial charge in [-0.05, 0) is 25.0 Å². The van der Waals surface area contributed by atoms with Crippen LogP contribution in [0.15, 0.2) is 29.4 Å². The molecule has 1 aromatic heterocycles. The maximum atomic E-state index is 11.5. The maximum Gasteiger partial charge on any atom is 0.273 e. The van der Waals surface area contributed by atoms with E-state index >= 15 is 0 Å². The smallest absolute Gasteiger partial charge is 0.273 e. The fraction of sp³-hybridized carbons (Fsp3) is 0.273. The van der Waals surface area contributed by atoms with E-state index in [4.69, 9.17) is 5.14 Å². The van der Waals surface area contributed by atoms with Gasteiger partial charge in [0, 0.05) is 23.7 Å². The van der Waals surface area contributed by atoms with Crippen LogP contribution in [0.4, 0.5) is 5.69 Å². The van der Waals surface area contributed by atoms with Crippen molar-refractivity contribution in [3.05, 3.63) is 34.4 Å². The van der Waals surface area contributed by atoms with Gasteiger partial charge < -0.3 is 0 Å². The number of nitro benzene ring substituents is 1. The van der Waals surface area contributed by atoms with Gasteiger partial charge in [-0.2, -0.15) is 0 Å². The first-order valence-electron chi connectivity index (χ1n) is 6.10. The summed E-state index contributed by atoms with van der Waals surface area (Å²) in [6.07, 6.45) is 1.64. The maximum absolute atomic E-state index is 11.5. The Morgan fingerprint density at radius 3 is 2.33 bits per heavy atom. The largest absolute Gasteiger partial charge is 0.294 e. The lowest BCUT2D eigenvalue weighted by atomic mass is 10.2. The van der Waals surface area contributed by atoms with Gasteiger partial charge in [0.2, 0.25) is 0 Å². The predicted octanol–water partition coefficient (Wildman–Crippen LogP) is 0.836. The number of benzene rings is 1. The molecule has 0 unspecified atom stereocenters. The van der Waals surface area contributed by atoms with Gasteiger partial charge in [-0.1, -0.05) is 0 Å². The first-order valence-corrected chi connectivity index (χ1v) is 7.65. The number of nitro groups is 1. The highest BCUT2D eigenvalue weighted by atomic mass is 32.2. The van der Waals surface area contributed by atoms with Crippen LogP contribution in [-0.4, -0.2) is 28.1 Å². The van der Waals surface area contributed by atoms with Crippen molar-refractivity contribution in [1.29, 1.82) is 0 Å². The van der Waals surface area contributed by atoms with E-state index in [2.05, 4.69) is 10.2 Å². The Balaban J connectivity index is 2.10. The zero-order valence-corrected chi connectivity index (χ0v) is 11.5. The molecule has 10 heteroatoms. The summed E-state index contributed by atoms with van der Waals surface area (Å²) in [5.41, 5.74) is 0.498. The van der Waals surface area contributed by atoms with Gasteiger partial charge in [-0.25, -0.2) is 13.6 Å². The third-order valence-corrected chi connectivity index (χ3v) is 3.95. The van der Waals surface area contributed by atoms with Crippen molar-refractivity contribution in [2.45, 2.75) is 24.0 Å². The average molecular weight is 309 g/mol. The van der Waals surface area contributed by atoms with E-state index in [1.165, 1.54) is 28.8 Å². The molecule has 0 atom stereocenters.